The fourth-order valence-corrected chi connectivity index (χ4v) is 4.59. The number of nitrogens with two attached hydrogens (primary N) is 1. The standard InChI is InChI=1S/C16H12Cl2N8O9S2/c1-4-9(11(19)27)12(28)21-13(29)10(4)26-25-6-2-5(20-16-23-14(17)22-15(18)24-16)7(36(30,31)32)3-8(6)37(33,34)35/h2-3H,1H3,(H2,19,27)(H2,21,28,29)(H,30,31,32)(H,33,34,35)(H,20,22,23,24). The van der Waals surface area contributed by atoms with Crippen LogP contribution in [0.2, 0.25) is 10.6 Å². The molecule has 0 fully saturated rings. The van der Waals surface area contributed by atoms with Gasteiger partial charge in [-0.2, -0.15) is 31.8 Å². The predicted molar refractivity (Wildman–Crippen MR) is 125 cm³/mol. The molecule has 0 saturated heterocycles. The molecule has 0 atom stereocenters. The SMILES string of the molecule is Cc1c(N=Nc2cc(Nc3nc(Cl)nc(Cl)n3)c(S(=O)(=O)O)cc2S(=O)(=O)O)c(O)[nH]c(=O)c1C(N)=O. The van der Waals surface area contributed by atoms with Crippen LogP contribution in [-0.2, 0) is 20.2 Å². The van der Waals surface area contributed by atoms with Crippen molar-refractivity contribution >= 4 is 72.4 Å². The number of amides is 1. The topological polar surface area (TPSA) is 280 Å². The Morgan fingerprint density at radius 2 is 1.59 bits per heavy atom. The molecule has 0 spiro atoms. The molecule has 0 radical (unpaired) electrons. The van der Waals surface area contributed by atoms with Crippen molar-refractivity contribution in [2.75, 3.05) is 5.32 Å². The quantitative estimate of drug-likeness (QED) is 0.167. The number of pyridine rings is 1. The first-order chi connectivity index (χ1) is 17.0. The molecule has 17 nitrogen and oxygen atoms in total. The summed E-state index contributed by atoms with van der Waals surface area (Å²) >= 11 is 11.3. The van der Waals surface area contributed by atoms with Crippen molar-refractivity contribution in [2.45, 2.75) is 16.7 Å². The summed E-state index contributed by atoms with van der Waals surface area (Å²) < 4.78 is 67.0. The highest BCUT2D eigenvalue weighted by atomic mass is 35.5. The van der Waals surface area contributed by atoms with Gasteiger partial charge in [-0.25, -0.2) is 0 Å². The Morgan fingerprint density at radius 1 is 1.03 bits per heavy atom. The zero-order valence-electron chi connectivity index (χ0n) is 17.8. The molecule has 0 aliphatic rings. The number of halogens is 2. The summed E-state index contributed by atoms with van der Waals surface area (Å²) in [6, 6.07) is 1.02. The van der Waals surface area contributed by atoms with Crippen molar-refractivity contribution in [2.24, 2.45) is 16.0 Å². The van der Waals surface area contributed by atoms with Crippen LogP contribution in [-0.4, -0.2) is 56.9 Å². The van der Waals surface area contributed by atoms with Gasteiger partial charge in [0.05, 0.1) is 5.69 Å². The van der Waals surface area contributed by atoms with E-state index in [1.165, 1.54) is 6.92 Å². The molecule has 7 N–H and O–H groups in total. The van der Waals surface area contributed by atoms with Crippen LogP contribution in [0.1, 0.15) is 15.9 Å². The lowest BCUT2D eigenvalue weighted by Gasteiger charge is -2.12. The minimum absolute atomic E-state index is 0.242. The summed E-state index contributed by atoms with van der Waals surface area (Å²) in [5.41, 5.74) is 1.39. The van der Waals surface area contributed by atoms with Crippen LogP contribution in [0.15, 0.2) is 36.9 Å². The van der Waals surface area contributed by atoms with Crippen molar-refractivity contribution in [1.82, 2.24) is 19.9 Å². The number of primary amides is 1. The number of H-pyrrole nitrogens is 1. The fraction of sp³-hybridized carbons (Fsp3) is 0.0625. The van der Waals surface area contributed by atoms with E-state index in [0.717, 1.165) is 0 Å². The minimum atomic E-state index is -5.21. The van der Waals surface area contributed by atoms with Gasteiger partial charge in [0.25, 0.3) is 31.7 Å². The minimum Gasteiger partial charge on any atom is -0.493 e. The van der Waals surface area contributed by atoms with Gasteiger partial charge >= 0.3 is 0 Å². The molecule has 37 heavy (non-hydrogen) atoms. The van der Waals surface area contributed by atoms with Gasteiger partial charge in [0.15, 0.2) is 0 Å². The molecular formula is C16H12Cl2N8O9S2. The molecule has 0 aliphatic heterocycles. The Morgan fingerprint density at radius 3 is 2.11 bits per heavy atom. The molecular weight excluding hydrogens is 583 g/mol. The molecule has 3 aromatic rings. The van der Waals surface area contributed by atoms with Crippen LogP contribution in [0.25, 0.3) is 0 Å². The number of hydrogen-bond donors (Lipinski definition) is 6. The maximum atomic E-state index is 12.0. The summed E-state index contributed by atoms with van der Waals surface area (Å²) in [4.78, 5) is 33.9. The summed E-state index contributed by atoms with van der Waals surface area (Å²) in [5.74, 6) is -2.50. The molecule has 0 unspecified atom stereocenters. The number of anilines is 2. The van der Waals surface area contributed by atoms with Gasteiger partial charge in [0, 0.05) is 5.56 Å². The molecule has 1 aromatic carbocycles. The molecule has 0 aliphatic carbocycles. The summed E-state index contributed by atoms with van der Waals surface area (Å²) in [7, 11) is -10.4. The van der Waals surface area contributed by atoms with E-state index in [1.54, 1.807) is 0 Å². The Labute approximate surface area is 215 Å². The predicted octanol–water partition coefficient (Wildman–Crippen LogP) is 1.63. The highest BCUT2D eigenvalue weighted by molar-refractivity contribution is 7.86. The highest BCUT2D eigenvalue weighted by Gasteiger charge is 2.26. The van der Waals surface area contributed by atoms with E-state index in [4.69, 9.17) is 28.9 Å². The van der Waals surface area contributed by atoms with Crippen LogP contribution in [0.4, 0.5) is 23.0 Å². The second-order valence-corrected chi connectivity index (χ2v) is 10.3. The number of rotatable bonds is 7. The van der Waals surface area contributed by atoms with Crippen molar-refractivity contribution in [3.05, 3.63) is 44.2 Å². The van der Waals surface area contributed by atoms with Crippen LogP contribution in [0, 0.1) is 6.92 Å². The number of nitrogens with zero attached hydrogens (tertiary/aromatic N) is 5. The largest absolute Gasteiger partial charge is 0.493 e. The van der Waals surface area contributed by atoms with Gasteiger partial charge in [-0.15, -0.1) is 10.2 Å². The maximum Gasteiger partial charge on any atom is 0.296 e. The number of aromatic amines is 1. The lowest BCUT2D eigenvalue weighted by molar-refractivity contribution is 0.0998. The number of azo groups is 1. The number of nitrogens with one attached hydrogen (secondary N) is 2. The lowest BCUT2D eigenvalue weighted by Crippen LogP contribution is -2.24. The monoisotopic (exact) mass is 594 g/mol. The first-order valence-electron chi connectivity index (χ1n) is 9.13. The smallest absolute Gasteiger partial charge is 0.296 e. The van der Waals surface area contributed by atoms with Gasteiger partial charge in [-0.3, -0.25) is 23.7 Å². The molecule has 2 aromatic heterocycles. The number of aromatic nitrogens is 4. The summed E-state index contributed by atoms with van der Waals surface area (Å²) in [6.07, 6.45) is 0. The maximum absolute atomic E-state index is 12.0. The first kappa shape index (κ1) is 27.8. The lowest BCUT2D eigenvalue weighted by atomic mass is 10.1. The number of carbonyl (C=O) groups excluding carboxylic acids is 1. The van der Waals surface area contributed by atoms with E-state index >= 15 is 0 Å². The number of carbonyl (C=O) groups is 1. The normalized spacial score (nSPS) is 12.1. The van der Waals surface area contributed by atoms with Crippen molar-refractivity contribution in [3.8, 4) is 5.88 Å². The highest BCUT2D eigenvalue weighted by Crippen LogP contribution is 2.37. The molecule has 0 bridgehead atoms. The van der Waals surface area contributed by atoms with Crippen LogP contribution in [0.3, 0.4) is 0 Å². The number of aromatic hydroxyl groups is 1. The Hall–Kier alpha value is -3.75. The average molecular weight is 595 g/mol. The molecule has 0 saturated carbocycles. The van der Waals surface area contributed by atoms with Gasteiger partial charge in [-0.05, 0) is 42.3 Å². The van der Waals surface area contributed by atoms with E-state index in [0.29, 0.717) is 12.1 Å². The second-order valence-electron chi connectivity index (χ2n) is 6.80. The second kappa shape index (κ2) is 9.95. The van der Waals surface area contributed by atoms with Gasteiger partial charge < -0.3 is 16.2 Å². The van der Waals surface area contributed by atoms with E-state index in [1.807, 2.05) is 4.98 Å². The number of hydrogen-bond acceptors (Lipinski definition) is 13. The van der Waals surface area contributed by atoms with Gasteiger partial charge in [0.2, 0.25) is 22.4 Å². The van der Waals surface area contributed by atoms with Crippen molar-refractivity contribution in [1.29, 1.82) is 0 Å². The molecule has 3 rings (SSSR count). The van der Waals surface area contributed by atoms with Gasteiger partial charge in [-0.1, -0.05) is 0 Å². The van der Waals surface area contributed by atoms with Crippen LogP contribution >= 0.6 is 23.2 Å². The Kier molecular flexibility index (Phi) is 7.49. The first-order valence-corrected chi connectivity index (χ1v) is 12.8. The summed E-state index contributed by atoms with van der Waals surface area (Å²) in [5, 5.41) is 18.7. The Balaban J connectivity index is 2.30. The molecule has 2 heterocycles. The molecule has 1 amide bonds. The fourth-order valence-electron chi connectivity index (χ4n) is 2.87. The van der Waals surface area contributed by atoms with E-state index in [9.17, 15) is 40.6 Å². The molecule has 196 valence electrons. The third-order valence-corrected chi connectivity index (χ3v) is 6.48. The average Bonchev–Trinajstić information content (AvgIpc) is 2.70. The third kappa shape index (κ3) is 6.15. The Bertz CT molecular complexity index is 1740. The number of benzene rings is 1. The van der Waals surface area contributed by atoms with Crippen LogP contribution in [0.5, 0.6) is 5.88 Å². The zero-order valence-corrected chi connectivity index (χ0v) is 21.0. The van der Waals surface area contributed by atoms with E-state index in [-0.39, 0.29) is 5.56 Å². The van der Waals surface area contributed by atoms with Crippen molar-refractivity contribution in [3.63, 3.8) is 0 Å². The molecule has 21 heteroatoms. The van der Waals surface area contributed by atoms with Gasteiger partial charge in [0.1, 0.15) is 26.7 Å². The van der Waals surface area contributed by atoms with Crippen LogP contribution < -0.4 is 16.6 Å². The van der Waals surface area contributed by atoms with E-state index in [2.05, 4.69) is 30.5 Å². The zero-order chi connectivity index (χ0) is 27.9. The van der Waals surface area contributed by atoms with Crippen molar-refractivity contribution < 1.29 is 35.8 Å². The van der Waals surface area contributed by atoms with E-state index < -0.39 is 86.5 Å². The third-order valence-electron chi connectivity index (χ3n) is 4.36. The summed E-state index contributed by atoms with van der Waals surface area (Å²) in [6.45, 7) is 1.18.